The largest absolute Gasteiger partial charge is 0.497 e. The molecule has 0 aliphatic heterocycles. The van der Waals surface area contributed by atoms with Crippen molar-refractivity contribution in [1.82, 2.24) is 9.80 Å². The second-order valence-corrected chi connectivity index (χ2v) is 6.00. The van der Waals surface area contributed by atoms with E-state index in [-0.39, 0.29) is 5.91 Å². The number of rotatable bonds is 9. The molecule has 0 aliphatic rings. The molecule has 0 saturated heterocycles. The van der Waals surface area contributed by atoms with Crippen molar-refractivity contribution in [3.63, 3.8) is 0 Å². The molecule has 134 valence electrons. The number of amides is 1. The Kier molecular flexibility index (Phi) is 7.29. The Bertz CT molecular complexity index is 661. The van der Waals surface area contributed by atoms with Gasteiger partial charge in [0.05, 0.1) is 13.7 Å². The Labute approximate surface area is 149 Å². The van der Waals surface area contributed by atoms with Gasteiger partial charge in [-0.15, -0.1) is 0 Å². The summed E-state index contributed by atoms with van der Waals surface area (Å²) in [5.41, 5.74) is 1.05. The molecule has 5 nitrogen and oxygen atoms in total. The van der Waals surface area contributed by atoms with E-state index in [2.05, 4.69) is 0 Å². The second-order valence-electron chi connectivity index (χ2n) is 6.00. The highest BCUT2D eigenvalue weighted by Crippen LogP contribution is 2.14. The Morgan fingerprint density at radius 2 is 1.72 bits per heavy atom. The average molecular weight is 342 g/mol. The first-order valence-corrected chi connectivity index (χ1v) is 8.32. The summed E-state index contributed by atoms with van der Waals surface area (Å²) in [7, 11) is 5.38. The Balaban J connectivity index is 1.73. The third kappa shape index (κ3) is 6.47. The molecular weight excluding hydrogens is 316 g/mol. The minimum absolute atomic E-state index is 0.0741. The lowest BCUT2D eigenvalue weighted by Gasteiger charge is -2.22. The van der Waals surface area contributed by atoms with Crippen LogP contribution in [-0.4, -0.2) is 56.6 Å². The molecule has 2 aromatic carbocycles. The van der Waals surface area contributed by atoms with E-state index in [4.69, 9.17) is 9.47 Å². The van der Waals surface area contributed by atoms with Gasteiger partial charge in [0.15, 0.2) is 0 Å². The molecule has 5 heteroatoms. The van der Waals surface area contributed by atoms with Gasteiger partial charge in [-0.1, -0.05) is 30.3 Å². The topological polar surface area (TPSA) is 42.0 Å². The van der Waals surface area contributed by atoms with Gasteiger partial charge in [-0.25, -0.2) is 0 Å². The van der Waals surface area contributed by atoms with Gasteiger partial charge in [0.1, 0.15) is 18.1 Å². The van der Waals surface area contributed by atoms with Crippen molar-refractivity contribution in [3.05, 3.63) is 60.2 Å². The van der Waals surface area contributed by atoms with Crippen molar-refractivity contribution >= 4 is 5.91 Å². The molecular formula is C20H26N2O3. The fraction of sp³-hybridized carbons (Fsp3) is 0.350. The SMILES string of the molecule is COc1cccc(CN(C)C(=O)CN(C)CCOc2ccccc2)c1. The van der Waals surface area contributed by atoms with Crippen LogP contribution in [0.1, 0.15) is 5.56 Å². The first-order chi connectivity index (χ1) is 12.1. The molecule has 0 atom stereocenters. The molecule has 0 aliphatic carbocycles. The summed E-state index contributed by atoms with van der Waals surface area (Å²) in [5, 5.41) is 0. The van der Waals surface area contributed by atoms with Crippen LogP contribution < -0.4 is 9.47 Å². The summed E-state index contributed by atoms with van der Waals surface area (Å²) < 4.78 is 10.9. The normalized spacial score (nSPS) is 10.6. The van der Waals surface area contributed by atoms with Gasteiger partial charge in [-0.2, -0.15) is 0 Å². The van der Waals surface area contributed by atoms with Crippen LogP contribution >= 0.6 is 0 Å². The maximum Gasteiger partial charge on any atom is 0.236 e. The highest BCUT2D eigenvalue weighted by molar-refractivity contribution is 5.77. The minimum Gasteiger partial charge on any atom is -0.497 e. The van der Waals surface area contributed by atoms with E-state index >= 15 is 0 Å². The number of methoxy groups -OCH3 is 1. The maximum absolute atomic E-state index is 12.4. The lowest BCUT2D eigenvalue weighted by Crippen LogP contribution is -2.37. The summed E-state index contributed by atoms with van der Waals surface area (Å²) in [4.78, 5) is 16.0. The Morgan fingerprint density at radius 1 is 1.00 bits per heavy atom. The van der Waals surface area contributed by atoms with Crippen LogP contribution in [0.25, 0.3) is 0 Å². The van der Waals surface area contributed by atoms with Gasteiger partial charge in [0, 0.05) is 20.1 Å². The van der Waals surface area contributed by atoms with Gasteiger partial charge in [-0.05, 0) is 36.9 Å². The van der Waals surface area contributed by atoms with Crippen LogP contribution in [0.2, 0.25) is 0 Å². The highest BCUT2D eigenvalue weighted by atomic mass is 16.5. The molecule has 0 aromatic heterocycles. The number of ether oxygens (including phenoxy) is 2. The Morgan fingerprint density at radius 3 is 2.44 bits per heavy atom. The van der Waals surface area contributed by atoms with Crippen LogP contribution in [0.3, 0.4) is 0 Å². The van der Waals surface area contributed by atoms with Gasteiger partial charge in [0.25, 0.3) is 0 Å². The molecule has 0 unspecified atom stereocenters. The Hall–Kier alpha value is -2.53. The molecule has 0 spiro atoms. The fourth-order valence-corrected chi connectivity index (χ4v) is 2.40. The van der Waals surface area contributed by atoms with E-state index in [1.54, 1.807) is 12.0 Å². The maximum atomic E-state index is 12.4. The van der Waals surface area contributed by atoms with E-state index in [1.807, 2.05) is 73.6 Å². The summed E-state index contributed by atoms with van der Waals surface area (Å²) in [6.07, 6.45) is 0. The van der Waals surface area contributed by atoms with Crippen molar-refractivity contribution in [2.24, 2.45) is 0 Å². The van der Waals surface area contributed by atoms with Crippen molar-refractivity contribution in [2.75, 3.05) is 40.9 Å². The van der Waals surface area contributed by atoms with Crippen LogP contribution in [0.5, 0.6) is 11.5 Å². The van der Waals surface area contributed by atoms with Gasteiger partial charge in [-0.3, -0.25) is 9.69 Å². The second kappa shape index (κ2) is 9.69. The zero-order chi connectivity index (χ0) is 18.1. The number of carbonyl (C=O) groups is 1. The summed E-state index contributed by atoms with van der Waals surface area (Å²) in [5.74, 6) is 1.72. The number of nitrogens with zero attached hydrogens (tertiary/aromatic N) is 2. The van der Waals surface area contributed by atoms with Crippen LogP contribution in [0.4, 0.5) is 0 Å². The van der Waals surface area contributed by atoms with Gasteiger partial charge in [0.2, 0.25) is 5.91 Å². The smallest absolute Gasteiger partial charge is 0.236 e. The lowest BCUT2D eigenvalue weighted by atomic mass is 10.2. The van der Waals surface area contributed by atoms with E-state index in [1.165, 1.54) is 0 Å². The zero-order valence-electron chi connectivity index (χ0n) is 15.1. The van der Waals surface area contributed by atoms with Crippen LogP contribution in [0, 0.1) is 0 Å². The van der Waals surface area contributed by atoms with Crippen molar-refractivity contribution < 1.29 is 14.3 Å². The minimum atomic E-state index is 0.0741. The summed E-state index contributed by atoms with van der Waals surface area (Å²) in [6, 6.07) is 17.4. The van der Waals surface area contributed by atoms with Gasteiger partial charge < -0.3 is 14.4 Å². The number of benzene rings is 2. The molecule has 0 N–H and O–H groups in total. The highest BCUT2D eigenvalue weighted by Gasteiger charge is 2.12. The monoisotopic (exact) mass is 342 g/mol. The molecule has 1 amide bonds. The molecule has 0 bridgehead atoms. The third-order valence-corrected chi connectivity index (χ3v) is 3.87. The van der Waals surface area contributed by atoms with E-state index in [9.17, 15) is 4.79 Å². The quantitative estimate of drug-likeness (QED) is 0.703. The summed E-state index contributed by atoms with van der Waals surface area (Å²) >= 11 is 0. The van der Waals surface area contributed by atoms with Crippen LogP contribution in [-0.2, 0) is 11.3 Å². The number of carbonyl (C=O) groups excluding carboxylic acids is 1. The first-order valence-electron chi connectivity index (χ1n) is 8.32. The van der Waals surface area contributed by atoms with E-state index < -0.39 is 0 Å². The number of likely N-dealkylation sites (N-methyl/N-ethyl adjacent to an activating group) is 2. The fourth-order valence-electron chi connectivity index (χ4n) is 2.40. The predicted octanol–water partition coefficient (Wildman–Crippen LogP) is 2.66. The summed E-state index contributed by atoms with van der Waals surface area (Å²) in [6.45, 7) is 2.16. The van der Waals surface area contributed by atoms with E-state index in [0.717, 1.165) is 17.1 Å². The van der Waals surface area contributed by atoms with E-state index in [0.29, 0.717) is 26.2 Å². The molecule has 0 saturated carbocycles. The van der Waals surface area contributed by atoms with Crippen molar-refractivity contribution in [3.8, 4) is 11.5 Å². The van der Waals surface area contributed by atoms with Crippen molar-refractivity contribution in [1.29, 1.82) is 0 Å². The number of hydrogen-bond donors (Lipinski definition) is 0. The molecule has 0 heterocycles. The third-order valence-electron chi connectivity index (χ3n) is 3.87. The average Bonchev–Trinajstić information content (AvgIpc) is 2.62. The standard InChI is InChI=1S/C20H26N2O3/c1-21(12-13-25-18-9-5-4-6-10-18)16-20(23)22(2)15-17-8-7-11-19(14-17)24-3/h4-11,14H,12-13,15-16H2,1-3H3. The van der Waals surface area contributed by atoms with Gasteiger partial charge >= 0.3 is 0 Å². The number of para-hydroxylation sites is 1. The molecule has 2 rings (SSSR count). The zero-order valence-corrected chi connectivity index (χ0v) is 15.1. The van der Waals surface area contributed by atoms with Crippen LogP contribution in [0.15, 0.2) is 54.6 Å². The molecule has 25 heavy (non-hydrogen) atoms. The number of hydrogen-bond acceptors (Lipinski definition) is 4. The molecule has 2 aromatic rings. The van der Waals surface area contributed by atoms with Crippen molar-refractivity contribution in [2.45, 2.75) is 6.54 Å². The molecule has 0 radical (unpaired) electrons. The molecule has 0 fully saturated rings. The first kappa shape index (κ1) is 18.8. The lowest BCUT2D eigenvalue weighted by molar-refractivity contribution is -0.131. The predicted molar refractivity (Wildman–Crippen MR) is 98.9 cm³/mol.